The highest BCUT2D eigenvalue weighted by Crippen LogP contribution is 2.26. The predicted molar refractivity (Wildman–Crippen MR) is 98.4 cm³/mol. The lowest BCUT2D eigenvalue weighted by Gasteiger charge is -2.26. The molecular formula is C21H23NO4. The molecule has 1 aliphatic heterocycles. The normalized spacial score (nSPS) is 15.8. The van der Waals surface area contributed by atoms with E-state index in [1.54, 1.807) is 31.4 Å². The Morgan fingerprint density at radius 1 is 1.12 bits per heavy atom. The molecule has 0 aromatic heterocycles. The minimum Gasteiger partial charge on any atom is -0.497 e. The van der Waals surface area contributed by atoms with Gasteiger partial charge in [0, 0.05) is 24.9 Å². The highest BCUT2D eigenvalue weighted by atomic mass is 16.5. The molecule has 1 atom stereocenters. The molecule has 0 radical (unpaired) electrons. The third-order valence-corrected chi connectivity index (χ3v) is 4.57. The van der Waals surface area contributed by atoms with Crippen LogP contribution in [0.5, 0.6) is 5.75 Å². The third-order valence-electron chi connectivity index (χ3n) is 4.57. The number of nitrogens with one attached hydrogen (secondary N) is 1. The lowest BCUT2D eigenvalue weighted by molar-refractivity contribution is -0.121. The van der Waals surface area contributed by atoms with Crippen molar-refractivity contribution in [2.75, 3.05) is 20.3 Å². The van der Waals surface area contributed by atoms with E-state index in [4.69, 9.17) is 9.47 Å². The van der Waals surface area contributed by atoms with Gasteiger partial charge in [0.25, 0.3) is 0 Å². The van der Waals surface area contributed by atoms with Crippen molar-refractivity contribution < 1.29 is 19.1 Å². The van der Waals surface area contributed by atoms with Crippen LogP contribution < -0.4 is 10.1 Å². The van der Waals surface area contributed by atoms with Crippen molar-refractivity contribution in [1.82, 2.24) is 5.32 Å². The van der Waals surface area contributed by atoms with Crippen molar-refractivity contribution in [3.63, 3.8) is 0 Å². The molecule has 0 fully saturated rings. The van der Waals surface area contributed by atoms with Gasteiger partial charge in [-0.05, 0) is 41.8 Å². The molecule has 5 nitrogen and oxygen atoms in total. The van der Waals surface area contributed by atoms with Gasteiger partial charge >= 0.3 is 0 Å². The van der Waals surface area contributed by atoms with Gasteiger partial charge in [0.05, 0.1) is 13.7 Å². The lowest BCUT2D eigenvalue weighted by Crippen LogP contribution is -2.32. The first-order valence-corrected chi connectivity index (χ1v) is 8.80. The van der Waals surface area contributed by atoms with E-state index in [1.807, 2.05) is 18.2 Å². The number of carbonyl (C=O) groups is 2. The number of benzene rings is 2. The number of Topliss-reactive ketones (excluding diaryl/α,β-unsaturated/α-hetero) is 1. The molecule has 0 unspecified atom stereocenters. The van der Waals surface area contributed by atoms with E-state index in [0.717, 1.165) is 12.0 Å². The Bertz CT molecular complexity index is 770. The van der Waals surface area contributed by atoms with E-state index in [-0.39, 0.29) is 30.6 Å². The molecule has 1 amide bonds. The van der Waals surface area contributed by atoms with Crippen LogP contribution in [0.2, 0.25) is 0 Å². The van der Waals surface area contributed by atoms with Gasteiger partial charge in [-0.25, -0.2) is 0 Å². The van der Waals surface area contributed by atoms with Crippen molar-refractivity contribution in [1.29, 1.82) is 0 Å². The van der Waals surface area contributed by atoms with Gasteiger partial charge in [0.2, 0.25) is 5.91 Å². The topological polar surface area (TPSA) is 64.6 Å². The molecule has 0 saturated heterocycles. The maximum Gasteiger partial charge on any atom is 0.220 e. The Morgan fingerprint density at radius 2 is 1.88 bits per heavy atom. The summed E-state index contributed by atoms with van der Waals surface area (Å²) in [7, 11) is 1.58. The van der Waals surface area contributed by atoms with Gasteiger partial charge in [0.15, 0.2) is 5.78 Å². The maximum absolute atomic E-state index is 12.2. The van der Waals surface area contributed by atoms with E-state index in [0.29, 0.717) is 24.5 Å². The lowest BCUT2D eigenvalue weighted by atomic mass is 9.97. The van der Waals surface area contributed by atoms with Crippen LogP contribution in [0.25, 0.3) is 0 Å². The molecule has 3 rings (SSSR count). The molecule has 136 valence electrons. The number of ketones is 1. The SMILES string of the molecule is COc1ccc(C(=O)CCC(=O)NC[C@@H]2OCCc3ccccc32)cc1. The molecule has 26 heavy (non-hydrogen) atoms. The van der Waals surface area contributed by atoms with E-state index < -0.39 is 0 Å². The second-order valence-corrected chi connectivity index (χ2v) is 6.26. The molecular weight excluding hydrogens is 330 g/mol. The second-order valence-electron chi connectivity index (χ2n) is 6.26. The van der Waals surface area contributed by atoms with Crippen LogP contribution in [0.3, 0.4) is 0 Å². The number of hydrogen-bond donors (Lipinski definition) is 1. The number of methoxy groups -OCH3 is 1. The Labute approximate surface area is 153 Å². The van der Waals surface area contributed by atoms with Crippen molar-refractivity contribution >= 4 is 11.7 Å². The molecule has 2 aromatic carbocycles. The van der Waals surface area contributed by atoms with Gasteiger partial charge in [-0.2, -0.15) is 0 Å². The predicted octanol–water partition coefficient (Wildman–Crippen LogP) is 3.09. The number of hydrogen-bond acceptors (Lipinski definition) is 4. The molecule has 1 aliphatic rings. The van der Waals surface area contributed by atoms with Crippen LogP contribution in [0.4, 0.5) is 0 Å². The fourth-order valence-corrected chi connectivity index (χ4v) is 3.09. The molecule has 2 aromatic rings. The molecule has 1 N–H and O–H groups in total. The summed E-state index contributed by atoms with van der Waals surface area (Å²) in [5.41, 5.74) is 2.99. The summed E-state index contributed by atoms with van der Waals surface area (Å²) in [5, 5.41) is 2.88. The molecule has 1 heterocycles. The fourth-order valence-electron chi connectivity index (χ4n) is 3.09. The van der Waals surface area contributed by atoms with Gasteiger partial charge in [-0.3, -0.25) is 9.59 Å². The first kappa shape index (κ1) is 18.1. The summed E-state index contributed by atoms with van der Waals surface area (Å²) in [5.74, 6) is 0.507. The van der Waals surface area contributed by atoms with Gasteiger partial charge in [0.1, 0.15) is 11.9 Å². The highest BCUT2D eigenvalue weighted by molar-refractivity contribution is 5.98. The maximum atomic E-state index is 12.2. The van der Waals surface area contributed by atoms with E-state index in [2.05, 4.69) is 11.4 Å². The highest BCUT2D eigenvalue weighted by Gasteiger charge is 2.21. The standard InChI is InChI=1S/C21H23NO4/c1-25-17-8-6-16(7-9-17)19(23)10-11-21(24)22-14-20-18-5-3-2-4-15(18)12-13-26-20/h2-9,20H,10-14H2,1H3,(H,22,24)/t20-/m0/s1. The zero-order valence-electron chi connectivity index (χ0n) is 14.9. The minimum absolute atomic E-state index is 0.0536. The number of carbonyl (C=O) groups excluding carboxylic acids is 2. The van der Waals surface area contributed by atoms with Gasteiger partial charge in [-0.15, -0.1) is 0 Å². The van der Waals surface area contributed by atoms with Crippen LogP contribution in [0.1, 0.15) is 40.4 Å². The van der Waals surface area contributed by atoms with Gasteiger partial charge < -0.3 is 14.8 Å². The summed E-state index contributed by atoms with van der Waals surface area (Å²) in [6.07, 6.45) is 1.12. The fraction of sp³-hybridized carbons (Fsp3) is 0.333. The molecule has 0 spiro atoms. The number of fused-ring (bicyclic) bond motifs is 1. The van der Waals surface area contributed by atoms with Crippen molar-refractivity contribution in [2.24, 2.45) is 0 Å². The largest absolute Gasteiger partial charge is 0.497 e. The van der Waals surface area contributed by atoms with Crippen molar-refractivity contribution in [3.05, 3.63) is 65.2 Å². The molecule has 0 aliphatic carbocycles. The van der Waals surface area contributed by atoms with E-state index in [9.17, 15) is 9.59 Å². The van der Waals surface area contributed by atoms with Crippen LogP contribution in [-0.2, 0) is 16.0 Å². The third kappa shape index (κ3) is 4.49. The Hall–Kier alpha value is -2.66. The Balaban J connectivity index is 1.46. The Kier molecular flexibility index (Phi) is 6.02. The van der Waals surface area contributed by atoms with Crippen LogP contribution in [-0.4, -0.2) is 32.0 Å². The summed E-state index contributed by atoms with van der Waals surface area (Å²) < 4.78 is 10.9. The summed E-state index contributed by atoms with van der Waals surface area (Å²) in [4.78, 5) is 24.3. The second kappa shape index (κ2) is 8.63. The monoisotopic (exact) mass is 353 g/mol. The smallest absolute Gasteiger partial charge is 0.220 e. The zero-order valence-corrected chi connectivity index (χ0v) is 14.9. The average molecular weight is 353 g/mol. The van der Waals surface area contributed by atoms with Gasteiger partial charge in [-0.1, -0.05) is 24.3 Å². The minimum atomic E-state index is -0.140. The average Bonchev–Trinajstić information content (AvgIpc) is 2.70. The number of ether oxygens (including phenoxy) is 2. The quantitative estimate of drug-likeness (QED) is 0.777. The number of amides is 1. The molecule has 5 heteroatoms. The zero-order chi connectivity index (χ0) is 18.4. The van der Waals surface area contributed by atoms with Crippen molar-refractivity contribution in [3.8, 4) is 5.75 Å². The summed E-state index contributed by atoms with van der Waals surface area (Å²) in [6, 6.07) is 15.0. The van der Waals surface area contributed by atoms with Crippen molar-refractivity contribution in [2.45, 2.75) is 25.4 Å². The van der Waals surface area contributed by atoms with Crippen LogP contribution in [0, 0.1) is 0 Å². The number of rotatable bonds is 7. The Morgan fingerprint density at radius 3 is 2.65 bits per heavy atom. The first-order valence-electron chi connectivity index (χ1n) is 8.80. The summed E-state index contributed by atoms with van der Waals surface area (Å²) >= 11 is 0. The first-order chi connectivity index (χ1) is 12.7. The molecule has 0 saturated carbocycles. The van der Waals surface area contributed by atoms with Crippen LogP contribution >= 0.6 is 0 Å². The summed E-state index contributed by atoms with van der Waals surface area (Å²) in [6.45, 7) is 1.08. The van der Waals surface area contributed by atoms with E-state index >= 15 is 0 Å². The van der Waals surface area contributed by atoms with E-state index in [1.165, 1.54) is 5.56 Å². The molecule has 0 bridgehead atoms. The van der Waals surface area contributed by atoms with Crippen LogP contribution in [0.15, 0.2) is 48.5 Å².